The second-order valence-electron chi connectivity index (χ2n) is 7.66. The summed E-state index contributed by atoms with van der Waals surface area (Å²) >= 11 is 0. The third-order valence-electron chi connectivity index (χ3n) is 6.09. The molecule has 0 unspecified atom stereocenters. The van der Waals surface area contributed by atoms with E-state index >= 15 is 0 Å². The van der Waals surface area contributed by atoms with Crippen LogP contribution in [0.3, 0.4) is 0 Å². The Morgan fingerprint density at radius 2 is 1.80 bits per heavy atom. The number of benzene rings is 1. The first-order valence-corrected chi connectivity index (χ1v) is 9.56. The van der Waals surface area contributed by atoms with Crippen molar-refractivity contribution in [3.8, 4) is 0 Å². The molecule has 0 bridgehead atoms. The monoisotopic (exact) mass is 346 g/mol. The number of carbonyl (C=O) groups excluding carboxylic acids is 1. The maximum atomic E-state index is 13.1. The first kappa shape index (κ1) is 17.0. The standard InChI is InChI=1S/C20H27FN2O2/c21-17-3-1-15(2-4-17)13-22-10-7-19-18(22)5-6-20(24)23(19)14-16-8-11-25-12-9-16/h1-4,16,18-19H,5-14H2/t18-,19-/m1/s1. The van der Waals surface area contributed by atoms with E-state index in [1.807, 2.05) is 12.1 Å². The van der Waals surface area contributed by atoms with Gasteiger partial charge in [0, 0.05) is 51.4 Å². The summed E-state index contributed by atoms with van der Waals surface area (Å²) in [6, 6.07) is 7.61. The molecule has 2 atom stereocenters. The predicted octanol–water partition coefficient (Wildman–Crippen LogP) is 2.82. The van der Waals surface area contributed by atoms with Gasteiger partial charge in [-0.1, -0.05) is 12.1 Å². The molecule has 4 rings (SSSR count). The smallest absolute Gasteiger partial charge is 0.222 e. The molecule has 136 valence electrons. The third-order valence-corrected chi connectivity index (χ3v) is 6.09. The highest BCUT2D eigenvalue weighted by molar-refractivity contribution is 5.77. The minimum Gasteiger partial charge on any atom is -0.381 e. The quantitative estimate of drug-likeness (QED) is 0.840. The van der Waals surface area contributed by atoms with Crippen molar-refractivity contribution in [2.45, 2.75) is 50.7 Å². The zero-order chi connectivity index (χ0) is 17.2. The van der Waals surface area contributed by atoms with Crippen LogP contribution in [-0.4, -0.2) is 54.1 Å². The van der Waals surface area contributed by atoms with E-state index in [2.05, 4.69) is 9.80 Å². The topological polar surface area (TPSA) is 32.8 Å². The van der Waals surface area contributed by atoms with Gasteiger partial charge in [0.05, 0.1) is 0 Å². The number of nitrogens with zero attached hydrogens (tertiary/aromatic N) is 2. The van der Waals surface area contributed by atoms with Gasteiger partial charge >= 0.3 is 0 Å². The Balaban J connectivity index is 1.42. The molecule has 1 aromatic carbocycles. The fourth-order valence-corrected chi connectivity index (χ4v) is 4.70. The number of likely N-dealkylation sites (tertiary alicyclic amines) is 2. The molecule has 4 nitrogen and oxygen atoms in total. The summed E-state index contributed by atoms with van der Waals surface area (Å²) in [5.74, 6) is 0.730. The number of halogens is 1. The van der Waals surface area contributed by atoms with E-state index in [9.17, 15) is 9.18 Å². The summed E-state index contributed by atoms with van der Waals surface area (Å²) in [7, 11) is 0. The number of rotatable bonds is 4. The van der Waals surface area contributed by atoms with Gasteiger partial charge in [-0.25, -0.2) is 4.39 Å². The van der Waals surface area contributed by atoms with Crippen LogP contribution in [-0.2, 0) is 16.1 Å². The Morgan fingerprint density at radius 1 is 1.04 bits per heavy atom. The lowest BCUT2D eigenvalue weighted by Gasteiger charge is -2.42. The van der Waals surface area contributed by atoms with Gasteiger partial charge in [0.2, 0.25) is 5.91 Å². The van der Waals surface area contributed by atoms with Gasteiger partial charge in [-0.05, 0) is 49.3 Å². The second-order valence-corrected chi connectivity index (χ2v) is 7.66. The Hall–Kier alpha value is -1.46. The van der Waals surface area contributed by atoms with Gasteiger partial charge in [-0.2, -0.15) is 0 Å². The molecule has 3 aliphatic heterocycles. The molecule has 0 spiro atoms. The number of piperidine rings is 1. The molecule has 3 fully saturated rings. The molecule has 0 saturated carbocycles. The van der Waals surface area contributed by atoms with E-state index in [4.69, 9.17) is 4.74 Å². The first-order chi connectivity index (χ1) is 12.2. The summed E-state index contributed by atoms with van der Waals surface area (Å²) in [5.41, 5.74) is 1.15. The number of amides is 1. The van der Waals surface area contributed by atoms with Crippen LogP contribution in [0.5, 0.6) is 0 Å². The maximum absolute atomic E-state index is 13.1. The van der Waals surface area contributed by atoms with Crippen LogP contribution in [0.4, 0.5) is 4.39 Å². The summed E-state index contributed by atoms with van der Waals surface area (Å²) in [6.45, 7) is 4.42. The lowest BCUT2D eigenvalue weighted by Crippen LogP contribution is -2.53. The van der Waals surface area contributed by atoms with E-state index in [1.165, 1.54) is 12.1 Å². The summed E-state index contributed by atoms with van der Waals surface area (Å²) in [5, 5.41) is 0. The highest BCUT2D eigenvalue weighted by atomic mass is 19.1. The number of carbonyl (C=O) groups is 1. The van der Waals surface area contributed by atoms with Crippen molar-refractivity contribution >= 4 is 5.91 Å². The predicted molar refractivity (Wildman–Crippen MR) is 93.5 cm³/mol. The van der Waals surface area contributed by atoms with Crippen molar-refractivity contribution in [1.82, 2.24) is 9.80 Å². The van der Waals surface area contributed by atoms with Gasteiger partial charge in [0.1, 0.15) is 5.82 Å². The van der Waals surface area contributed by atoms with Crippen LogP contribution in [0.15, 0.2) is 24.3 Å². The highest BCUT2D eigenvalue weighted by Crippen LogP contribution is 2.33. The average molecular weight is 346 g/mol. The number of hydrogen-bond donors (Lipinski definition) is 0. The molecular weight excluding hydrogens is 319 g/mol. The lowest BCUT2D eigenvalue weighted by molar-refractivity contribution is -0.139. The molecule has 3 heterocycles. The van der Waals surface area contributed by atoms with Crippen molar-refractivity contribution in [2.24, 2.45) is 5.92 Å². The zero-order valence-electron chi connectivity index (χ0n) is 14.7. The minimum atomic E-state index is -0.186. The molecule has 1 aromatic rings. The van der Waals surface area contributed by atoms with Crippen molar-refractivity contribution in [3.63, 3.8) is 0 Å². The Kier molecular flexibility index (Phi) is 5.04. The first-order valence-electron chi connectivity index (χ1n) is 9.56. The Morgan fingerprint density at radius 3 is 2.56 bits per heavy atom. The van der Waals surface area contributed by atoms with E-state index in [0.29, 0.717) is 30.3 Å². The van der Waals surface area contributed by atoms with Crippen LogP contribution < -0.4 is 0 Å². The summed E-state index contributed by atoms with van der Waals surface area (Å²) < 4.78 is 18.6. The number of fused-ring (bicyclic) bond motifs is 1. The Bertz CT molecular complexity index is 600. The van der Waals surface area contributed by atoms with Crippen LogP contribution in [0.2, 0.25) is 0 Å². The fraction of sp³-hybridized carbons (Fsp3) is 0.650. The van der Waals surface area contributed by atoms with Gasteiger partial charge in [-0.3, -0.25) is 9.69 Å². The minimum absolute atomic E-state index is 0.186. The van der Waals surface area contributed by atoms with Crippen LogP contribution in [0.1, 0.15) is 37.7 Å². The normalized spacial score (nSPS) is 28.4. The molecule has 3 aliphatic rings. The van der Waals surface area contributed by atoms with E-state index < -0.39 is 0 Å². The van der Waals surface area contributed by atoms with E-state index in [1.54, 1.807) is 0 Å². The van der Waals surface area contributed by atoms with Gasteiger partial charge < -0.3 is 9.64 Å². The molecule has 5 heteroatoms. The SMILES string of the molecule is O=C1CC[C@@H]2[C@@H](CCN2Cc2ccc(F)cc2)N1CC1CCOCC1. The maximum Gasteiger partial charge on any atom is 0.222 e. The number of hydrogen-bond acceptors (Lipinski definition) is 3. The third kappa shape index (κ3) is 3.72. The average Bonchev–Trinajstić information content (AvgIpc) is 3.03. The lowest BCUT2D eigenvalue weighted by atomic mass is 9.92. The Labute approximate surface area is 148 Å². The van der Waals surface area contributed by atoms with Crippen molar-refractivity contribution < 1.29 is 13.9 Å². The number of ether oxygens (including phenoxy) is 1. The molecule has 0 N–H and O–H groups in total. The molecule has 0 aliphatic carbocycles. The summed E-state index contributed by atoms with van der Waals surface area (Å²) in [6.07, 6.45) is 4.81. The van der Waals surface area contributed by atoms with Crippen molar-refractivity contribution in [1.29, 1.82) is 0 Å². The van der Waals surface area contributed by atoms with Gasteiger partial charge in [0.25, 0.3) is 0 Å². The van der Waals surface area contributed by atoms with Gasteiger partial charge in [0.15, 0.2) is 0 Å². The summed E-state index contributed by atoms with van der Waals surface area (Å²) in [4.78, 5) is 17.2. The molecule has 0 aromatic heterocycles. The van der Waals surface area contributed by atoms with Crippen molar-refractivity contribution in [3.05, 3.63) is 35.6 Å². The van der Waals surface area contributed by atoms with Crippen LogP contribution >= 0.6 is 0 Å². The van der Waals surface area contributed by atoms with E-state index in [0.717, 1.165) is 64.1 Å². The fourth-order valence-electron chi connectivity index (χ4n) is 4.70. The molecule has 25 heavy (non-hydrogen) atoms. The zero-order valence-corrected chi connectivity index (χ0v) is 14.7. The van der Waals surface area contributed by atoms with Crippen LogP contribution in [0, 0.1) is 11.7 Å². The largest absolute Gasteiger partial charge is 0.381 e. The van der Waals surface area contributed by atoms with E-state index in [-0.39, 0.29) is 5.82 Å². The molecule has 1 amide bonds. The molecule has 0 radical (unpaired) electrons. The van der Waals surface area contributed by atoms with Gasteiger partial charge in [-0.15, -0.1) is 0 Å². The van der Waals surface area contributed by atoms with Crippen molar-refractivity contribution in [2.75, 3.05) is 26.3 Å². The molecular formula is C20H27FN2O2. The molecule has 3 saturated heterocycles. The van der Waals surface area contributed by atoms with Crippen LogP contribution in [0.25, 0.3) is 0 Å². The second kappa shape index (κ2) is 7.42. The highest BCUT2D eigenvalue weighted by Gasteiger charge is 2.43.